The van der Waals surface area contributed by atoms with Crippen molar-refractivity contribution in [3.8, 4) is 0 Å². The fourth-order valence-electron chi connectivity index (χ4n) is 0.744. The van der Waals surface area contributed by atoms with Crippen LogP contribution >= 0.6 is 0 Å². The molecule has 0 aromatic carbocycles. The number of rotatable bonds is 1. The maximum Gasteiger partial charge on any atom is 0.319 e. The zero-order chi connectivity index (χ0) is 11.4. The van der Waals surface area contributed by atoms with Crippen molar-refractivity contribution in [1.29, 1.82) is 0 Å². The average molecular weight is 198 g/mol. The van der Waals surface area contributed by atoms with Gasteiger partial charge in [0.15, 0.2) is 0 Å². The van der Waals surface area contributed by atoms with E-state index in [-0.39, 0.29) is 17.0 Å². The molecule has 0 spiro atoms. The summed E-state index contributed by atoms with van der Waals surface area (Å²) in [5.74, 6) is 0. The van der Waals surface area contributed by atoms with Crippen LogP contribution in [0.5, 0.6) is 0 Å². The minimum Gasteiger partial charge on any atom is -0.333 e. The molecule has 0 radical (unpaired) electrons. The lowest BCUT2D eigenvalue weighted by molar-refractivity contribution is 0.235. The van der Waals surface area contributed by atoms with Gasteiger partial charge < -0.3 is 10.6 Å². The zero-order valence-electron chi connectivity index (χ0n) is 10.1. The summed E-state index contributed by atoms with van der Waals surface area (Å²) in [6, 6.07) is -0.169. The van der Waals surface area contributed by atoms with Gasteiger partial charge in [-0.2, -0.15) is 0 Å². The molecule has 0 aliphatic carbocycles. The van der Waals surface area contributed by atoms with Gasteiger partial charge in [-0.05, 0) is 26.2 Å². The number of amides is 2. The molecular weight excluding hydrogens is 176 g/mol. The molecule has 3 heteroatoms. The topological polar surface area (TPSA) is 41.1 Å². The molecule has 2 N–H and O–H groups in total. The quantitative estimate of drug-likeness (QED) is 0.668. The maximum absolute atomic E-state index is 11.3. The van der Waals surface area contributed by atoms with E-state index < -0.39 is 0 Å². The van der Waals surface area contributed by atoms with Crippen molar-refractivity contribution in [3.63, 3.8) is 0 Å². The first-order chi connectivity index (χ1) is 6.10. The largest absolute Gasteiger partial charge is 0.333 e. The molecule has 0 unspecified atom stereocenters. The van der Waals surface area contributed by atoms with Gasteiger partial charge in [0.2, 0.25) is 0 Å². The lowest BCUT2D eigenvalue weighted by atomic mass is 9.97. The highest BCUT2D eigenvalue weighted by molar-refractivity contribution is 5.75. The van der Waals surface area contributed by atoms with Crippen LogP contribution in [0.1, 0.15) is 41.5 Å². The van der Waals surface area contributed by atoms with Crippen LogP contribution in [0.15, 0.2) is 12.3 Å². The molecule has 0 rings (SSSR count). The van der Waals surface area contributed by atoms with Crippen LogP contribution in [0, 0.1) is 5.41 Å². The molecule has 0 atom stereocenters. The third kappa shape index (κ3) is 9.10. The maximum atomic E-state index is 11.3. The minimum atomic E-state index is -0.195. The SMILES string of the molecule is CC(C)(C)/C=C/NC(=O)NC(C)(C)C. The first-order valence-corrected chi connectivity index (χ1v) is 4.86. The summed E-state index contributed by atoms with van der Waals surface area (Å²) in [7, 11) is 0. The minimum absolute atomic E-state index is 0.0923. The third-order valence-electron chi connectivity index (χ3n) is 1.29. The van der Waals surface area contributed by atoms with Gasteiger partial charge in [0.25, 0.3) is 0 Å². The summed E-state index contributed by atoms with van der Waals surface area (Å²) >= 11 is 0. The van der Waals surface area contributed by atoms with Crippen LogP contribution in [0.2, 0.25) is 0 Å². The number of hydrogen-bond acceptors (Lipinski definition) is 1. The van der Waals surface area contributed by atoms with Crippen LogP contribution in [-0.4, -0.2) is 11.6 Å². The van der Waals surface area contributed by atoms with Gasteiger partial charge in [-0.25, -0.2) is 4.79 Å². The Balaban J connectivity index is 3.93. The molecule has 0 aromatic rings. The Kier molecular flexibility index (Phi) is 4.17. The fraction of sp³-hybridized carbons (Fsp3) is 0.727. The molecule has 0 heterocycles. The smallest absolute Gasteiger partial charge is 0.319 e. The van der Waals surface area contributed by atoms with E-state index in [9.17, 15) is 4.79 Å². The molecule has 0 saturated heterocycles. The predicted molar refractivity (Wildman–Crippen MR) is 60.0 cm³/mol. The van der Waals surface area contributed by atoms with Gasteiger partial charge >= 0.3 is 6.03 Å². The Labute approximate surface area is 87.0 Å². The summed E-state index contributed by atoms with van der Waals surface area (Å²) in [5.41, 5.74) is -0.103. The molecule has 3 nitrogen and oxygen atoms in total. The lowest BCUT2D eigenvalue weighted by Gasteiger charge is -2.20. The molecule has 0 aliphatic heterocycles. The Hall–Kier alpha value is -0.990. The molecule has 14 heavy (non-hydrogen) atoms. The highest BCUT2D eigenvalue weighted by atomic mass is 16.2. The second kappa shape index (κ2) is 4.49. The lowest BCUT2D eigenvalue weighted by Crippen LogP contribution is -2.44. The van der Waals surface area contributed by atoms with Gasteiger partial charge in [-0.1, -0.05) is 26.8 Å². The van der Waals surface area contributed by atoms with Crippen LogP contribution in [0.4, 0.5) is 4.79 Å². The van der Waals surface area contributed by atoms with Crippen molar-refractivity contribution in [2.75, 3.05) is 0 Å². The summed E-state index contributed by atoms with van der Waals surface area (Å²) in [5, 5.41) is 5.47. The van der Waals surface area contributed by atoms with Crippen LogP contribution in [0.25, 0.3) is 0 Å². The second-order valence-corrected chi connectivity index (χ2v) is 5.55. The summed E-state index contributed by atoms with van der Waals surface area (Å²) in [6.07, 6.45) is 3.64. The highest BCUT2D eigenvalue weighted by Gasteiger charge is 2.12. The van der Waals surface area contributed by atoms with Crippen molar-refractivity contribution >= 4 is 6.03 Å². The molecule has 0 fully saturated rings. The molecule has 82 valence electrons. The standard InChI is InChI=1S/C11H22N2O/c1-10(2,3)7-8-12-9(14)13-11(4,5)6/h7-8H,1-6H3,(H2,12,13,14)/b8-7+. The summed E-state index contributed by atoms with van der Waals surface area (Å²) in [6.45, 7) is 12.1. The normalized spacial score (nSPS) is 13.0. The van der Waals surface area contributed by atoms with E-state index in [1.165, 1.54) is 0 Å². The highest BCUT2D eigenvalue weighted by Crippen LogP contribution is 2.13. The van der Waals surface area contributed by atoms with E-state index in [1.54, 1.807) is 6.20 Å². The molecule has 0 aliphatic rings. The summed E-state index contributed by atoms with van der Waals surface area (Å²) in [4.78, 5) is 11.3. The van der Waals surface area contributed by atoms with Gasteiger partial charge in [-0.3, -0.25) is 0 Å². The summed E-state index contributed by atoms with van der Waals surface area (Å²) < 4.78 is 0. The van der Waals surface area contributed by atoms with Crippen molar-refractivity contribution in [2.45, 2.75) is 47.1 Å². The van der Waals surface area contributed by atoms with Crippen LogP contribution < -0.4 is 10.6 Å². The Morgan fingerprint density at radius 2 is 1.57 bits per heavy atom. The predicted octanol–water partition coefficient (Wildman–Crippen LogP) is 2.64. The van der Waals surface area contributed by atoms with E-state index in [4.69, 9.17) is 0 Å². The molecular formula is C11H22N2O. The zero-order valence-corrected chi connectivity index (χ0v) is 10.1. The van der Waals surface area contributed by atoms with Gasteiger partial charge in [0.05, 0.1) is 0 Å². The second-order valence-electron chi connectivity index (χ2n) is 5.55. The third-order valence-corrected chi connectivity index (χ3v) is 1.29. The van der Waals surface area contributed by atoms with Crippen LogP contribution in [0.3, 0.4) is 0 Å². The first kappa shape index (κ1) is 13.0. The average Bonchev–Trinajstić information content (AvgIpc) is 1.78. The Morgan fingerprint density at radius 3 is 1.93 bits per heavy atom. The molecule has 0 aromatic heterocycles. The van der Waals surface area contributed by atoms with Crippen molar-refractivity contribution < 1.29 is 4.79 Å². The monoisotopic (exact) mass is 198 g/mol. The number of carbonyl (C=O) groups excluding carboxylic acids is 1. The van der Waals surface area contributed by atoms with E-state index in [0.717, 1.165) is 0 Å². The molecule has 2 amide bonds. The van der Waals surface area contributed by atoms with E-state index in [1.807, 2.05) is 26.8 Å². The fourth-order valence-corrected chi connectivity index (χ4v) is 0.744. The van der Waals surface area contributed by atoms with E-state index in [2.05, 4.69) is 31.4 Å². The molecule has 0 saturated carbocycles. The van der Waals surface area contributed by atoms with Gasteiger partial charge in [0, 0.05) is 11.7 Å². The number of carbonyl (C=O) groups is 1. The van der Waals surface area contributed by atoms with Crippen LogP contribution in [-0.2, 0) is 0 Å². The number of allylic oxidation sites excluding steroid dienone is 1. The van der Waals surface area contributed by atoms with Gasteiger partial charge in [0.1, 0.15) is 0 Å². The van der Waals surface area contributed by atoms with E-state index in [0.29, 0.717) is 0 Å². The Bertz CT molecular complexity index is 218. The number of nitrogens with one attached hydrogen (secondary N) is 2. The van der Waals surface area contributed by atoms with Crippen molar-refractivity contribution in [1.82, 2.24) is 10.6 Å². The molecule has 0 bridgehead atoms. The van der Waals surface area contributed by atoms with Crippen molar-refractivity contribution in [3.05, 3.63) is 12.3 Å². The first-order valence-electron chi connectivity index (χ1n) is 4.86. The van der Waals surface area contributed by atoms with Gasteiger partial charge in [-0.15, -0.1) is 0 Å². The van der Waals surface area contributed by atoms with E-state index >= 15 is 0 Å². The number of hydrogen-bond donors (Lipinski definition) is 2. The number of urea groups is 1. The van der Waals surface area contributed by atoms with Crippen molar-refractivity contribution in [2.24, 2.45) is 5.41 Å². The Morgan fingerprint density at radius 1 is 1.07 bits per heavy atom.